The molecule has 1 aromatic heterocycles. The van der Waals surface area contributed by atoms with E-state index in [1.165, 1.54) is 25.4 Å². The number of carbonyl (C=O) groups is 3. The molecule has 2 aromatic carbocycles. The SMILES string of the molecule is CNC(=O)c1cc(Oc2ccc(NC(=O)C(=O)Nc3cccc(Cl)c3)cc2)ccn1. The number of amides is 3. The van der Waals surface area contributed by atoms with Gasteiger partial charge in [0.15, 0.2) is 0 Å². The van der Waals surface area contributed by atoms with Gasteiger partial charge < -0.3 is 20.7 Å². The van der Waals surface area contributed by atoms with Crippen LogP contribution in [0.1, 0.15) is 10.5 Å². The molecule has 0 radical (unpaired) electrons. The van der Waals surface area contributed by atoms with Crippen LogP contribution in [0.4, 0.5) is 11.4 Å². The lowest BCUT2D eigenvalue weighted by Crippen LogP contribution is -2.29. The maximum atomic E-state index is 12.1. The Morgan fingerprint density at radius 3 is 2.23 bits per heavy atom. The Labute approximate surface area is 177 Å². The fourth-order valence-corrected chi connectivity index (χ4v) is 2.60. The molecule has 3 aromatic rings. The second kappa shape index (κ2) is 9.53. The Morgan fingerprint density at radius 2 is 1.57 bits per heavy atom. The lowest BCUT2D eigenvalue weighted by atomic mass is 10.3. The summed E-state index contributed by atoms with van der Waals surface area (Å²) in [6.07, 6.45) is 1.47. The molecule has 0 aliphatic rings. The Morgan fingerprint density at radius 1 is 0.867 bits per heavy atom. The summed E-state index contributed by atoms with van der Waals surface area (Å²) >= 11 is 5.85. The summed E-state index contributed by atoms with van der Waals surface area (Å²) in [4.78, 5) is 39.7. The highest BCUT2D eigenvalue weighted by Gasteiger charge is 2.14. The highest BCUT2D eigenvalue weighted by molar-refractivity contribution is 6.43. The summed E-state index contributed by atoms with van der Waals surface area (Å²) < 4.78 is 5.69. The zero-order valence-electron chi connectivity index (χ0n) is 15.8. The van der Waals surface area contributed by atoms with Crippen molar-refractivity contribution in [2.75, 3.05) is 17.7 Å². The van der Waals surface area contributed by atoms with Gasteiger partial charge in [0, 0.05) is 35.7 Å². The Hall–Kier alpha value is -3.91. The van der Waals surface area contributed by atoms with E-state index in [1.807, 2.05) is 0 Å². The third kappa shape index (κ3) is 5.55. The molecule has 0 aliphatic heterocycles. The number of halogens is 1. The van der Waals surface area contributed by atoms with Crippen LogP contribution in [-0.2, 0) is 9.59 Å². The minimum Gasteiger partial charge on any atom is -0.457 e. The molecule has 3 amide bonds. The van der Waals surface area contributed by atoms with Gasteiger partial charge in [-0.25, -0.2) is 0 Å². The number of carbonyl (C=O) groups excluding carboxylic acids is 3. The zero-order chi connectivity index (χ0) is 21.5. The van der Waals surface area contributed by atoms with E-state index < -0.39 is 11.8 Å². The van der Waals surface area contributed by atoms with Crippen molar-refractivity contribution >= 4 is 40.7 Å². The number of anilines is 2. The van der Waals surface area contributed by atoms with E-state index >= 15 is 0 Å². The van der Waals surface area contributed by atoms with E-state index in [4.69, 9.17) is 16.3 Å². The molecule has 0 bridgehead atoms. The fourth-order valence-electron chi connectivity index (χ4n) is 2.41. The lowest BCUT2D eigenvalue weighted by Gasteiger charge is -2.09. The fraction of sp³-hybridized carbons (Fsp3) is 0.0476. The third-order valence-electron chi connectivity index (χ3n) is 3.83. The second-order valence-corrected chi connectivity index (χ2v) is 6.44. The predicted molar refractivity (Wildman–Crippen MR) is 113 cm³/mol. The molecular formula is C21H17ClN4O4. The highest BCUT2D eigenvalue weighted by atomic mass is 35.5. The first kappa shape index (κ1) is 20.8. The minimum absolute atomic E-state index is 0.226. The molecule has 0 saturated heterocycles. The van der Waals surface area contributed by atoms with Gasteiger partial charge in [-0.1, -0.05) is 17.7 Å². The largest absolute Gasteiger partial charge is 0.457 e. The number of pyridine rings is 1. The summed E-state index contributed by atoms with van der Waals surface area (Å²) in [5, 5.41) is 7.90. The summed E-state index contributed by atoms with van der Waals surface area (Å²) in [7, 11) is 1.51. The van der Waals surface area contributed by atoms with Crippen molar-refractivity contribution in [1.29, 1.82) is 0 Å². The van der Waals surface area contributed by atoms with Gasteiger partial charge in [-0.15, -0.1) is 0 Å². The van der Waals surface area contributed by atoms with Gasteiger partial charge in [0.1, 0.15) is 17.2 Å². The number of aromatic nitrogens is 1. The molecule has 3 N–H and O–H groups in total. The van der Waals surface area contributed by atoms with Crippen molar-refractivity contribution in [3.05, 3.63) is 77.6 Å². The number of hydrogen-bond donors (Lipinski definition) is 3. The van der Waals surface area contributed by atoms with Crippen molar-refractivity contribution in [1.82, 2.24) is 10.3 Å². The smallest absolute Gasteiger partial charge is 0.314 e. The monoisotopic (exact) mass is 424 g/mol. The van der Waals surface area contributed by atoms with Crippen molar-refractivity contribution in [3.8, 4) is 11.5 Å². The normalized spacial score (nSPS) is 10.1. The summed E-state index contributed by atoms with van der Waals surface area (Å²) in [6.45, 7) is 0. The maximum absolute atomic E-state index is 12.1. The number of rotatable bonds is 5. The first-order chi connectivity index (χ1) is 14.4. The number of ether oxygens (including phenoxy) is 1. The first-order valence-corrected chi connectivity index (χ1v) is 9.16. The van der Waals surface area contributed by atoms with Crippen molar-refractivity contribution in [2.24, 2.45) is 0 Å². The predicted octanol–water partition coefficient (Wildman–Crippen LogP) is 3.46. The number of nitrogens with one attached hydrogen (secondary N) is 3. The molecule has 0 spiro atoms. The van der Waals surface area contributed by atoms with Gasteiger partial charge in [0.25, 0.3) is 5.91 Å². The Bertz CT molecular complexity index is 1090. The molecule has 9 heteroatoms. The average molecular weight is 425 g/mol. The number of nitrogens with zero attached hydrogens (tertiary/aromatic N) is 1. The van der Waals surface area contributed by atoms with Gasteiger partial charge in [-0.05, 0) is 48.5 Å². The van der Waals surface area contributed by atoms with E-state index in [0.717, 1.165) is 0 Å². The van der Waals surface area contributed by atoms with Crippen LogP contribution in [-0.4, -0.2) is 29.8 Å². The second-order valence-electron chi connectivity index (χ2n) is 6.00. The van der Waals surface area contributed by atoms with E-state index in [1.54, 1.807) is 48.5 Å². The number of hydrogen-bond acceptors (Lipinski definition) is 5. The van der Waals surface area contributed by atoms with Crippen molar-refractivity contribution in [2.45, 2.75) is 0 Å². The van der Waals surface area contributed by atoms with Crippen LogP contribution in [0.25, 0.3) is 0 Å². The molecule has 0 fully saturated rings. The maximum Gasteiger partial charge on any atom is 0.314 e. The topological polar surface area (TPSA) is 109 Å². The van der Waals surface area contributed by atoms with E-state index in [2.05, 4.69) is 20.9 Å². The quantitative estimate of drug-likeness (QED) is 0.543. The molecular weight excluding hydrogens is 408 g/mol. The van der Waals surface area contributed by atoms with Crippen LogP contribution >= 0.6 is 11.6 Å². The van der Waals surface area contributed by atoms with Crippen LogP contribution in [0.5, 0.6) is 11.5 Å². The molecule has 0 unspecified atom stereocenters. The lowest BCUT2D eigenvalue weighted by molar-refractivity contribution is -0.132. The van der Waals surface area contributed by atoms with Crippen LogP contribution < -0.4 is 20.7 Å². The van der Waals surface area contributed by atoms with Gasteiger partial charge >= 0.3 is 11.8 Å². The van der Waals surface area contributed by atoms with Crippen LogP contribution in [0, 0.1) is 0 Å². The summed E-state index contributed by atoms with van der Waals surface area (Å²) in [6, 6.07) is 16.0. The molecule has 3 rings (SSSR count). The molecule has 30 heavy (non-hydrogen) atoms. The van der Waals surface area contributed by atoms with Gasteiger partial charge in [-0.3, -0.25) is 19.4 Å². The van der Waals surface area contributed by atoms with Crippen molar-refractivity contribution < 1.29 is 19.1 Å². The Kier molecular flexibility index (Phi) is 6.61. The van der Waals surface area contributed by atoms with Crippen molar-refractivity contribution in [3.63, 3.8) is 0 Å². The van der Waals surface area contributed by atoms with Gasteiger partial charge in [0.05, 0.1) is 0 Å². The van der Waals surface area contributed by atoms with Crippen LogP contribution in [0.3, 0.4) is 0 Å². The van der Waals surface area contributed by atoms with E-state index in [0.29, 0.717) is 27.9 Å². The van der Waals surface area contributed by atoms with E-state index in [9.17, 15) is 14.4 Å². The summed E-state index contributed by atoms with van der Waals surface area (Å²) in [5.41, 5.74) is 1.05. The third-order valence-corrected chi connectivity index (χ3v) is 4.06. The molecule has 8 nitrogen and oxygen atoms in total. The van der Waals surface area contributed by atoms with Crippen LogP contribution in [0.15, 0.2) is 66.9 Å². The number of benzene rings is 2. The molecule has 152 valence electrons. The Balaban J connectivity index is 1.59. The average Bonchev–Trinajstić information content (AvgIpc) is 2.74. The first-order valence-electron chi connectivity index (χ1n) is 8.78. The highest BCUT2D eigenvalue weighted by Crippen LogP contribution is 2.23. The van der Waals surface area contributed by atoms with Gasteiger partial charge in [-0.2, -0.15) is 0 Å². The minimum atomic E-state index is -0.826. The summed E-state index contributed by atoms with van der Waals surface area (Å²) in [5.74, 6) is -1.06. The van der Waals surface area contributed by atoms with E-state index in [-0.39, 0.29) is 11.6 Å². The zero-order valence-corrected chi connectivity index (χ0v) is 16.6. The standard InChI is InChI=1S/C21H17ClN4O4/c1-23-19(27)18-12-17(9-10-24-18)30-16-7-5-14(6-8-16)25-20(28)21(29)26-15-4-2-3-13(22)11-15/h2-12H,1H3,(H,23,27)(H,25,28)(H,26,29). The van der Waals surface area contributed by atoms with Crippen LogP contribution in [0.2, 0.25) is 5.02 Å². The molecule has 1 heterocycles. The molecule has 0 aliphatic carbocycles. The van der Waals surface area contributed by atoms with Gasteiger partial charge in [0.2, 0.25) is 0 Å². The molecule has 0 atom stereocenters. The molecule has 0 saturated carbocycles.